The van der Waals surface area contributed by atoms with Gasteiger partial charge in [-0.1, -0.05) is 33.2 Å². The highest BCUT2D eigenvalue weighted by Crippen LogP contribution is 2.29. The molecule has 0 unspecified atom stereocenters. The van der Waals surface area contributed by atoms with Gasteiger partial charge in [0.25, 0.3) is 0 Å². The van der Waals surface area contributed by atoms with Crippen LogP contribution in [0.2, 0.25) is 0 Å². The monoisotopic (exact) mass is 239 g/mol. The minimum atomic E-state index is 0.978. The Hall–Kier alpha value is -0.830. The molecule has 3 heteroatoms. The Kier molecular flexibility index (Phi) is 2.36. The molecular formula is C10H10BrNO. The third kappa shape index (κ3) is 1.48. The number of hydrogen-bond acceptors (Lipinski definition) is 2. The zero-order chi connectivity index (χ0) is 9.26. The Morgan fingerprint density at radius 2 is 2.23 bits per heavy atom. The molecule has 0 heterocycles. The molecule has 68 valence electrons. The van der Waals surface area contributed by atoms with E-state index >= 15 is 0 Å². The molecule has 0 fully saturated rings. The van der Waals surface area contributed by atoms with E-state index in [2.05, 4.69) is 33.2 Å². The lowest BCUT2D eigenvalue weighted by Gasteiger charge is -2.00. The highest BCUT2D eigenvalue weighted by Gasteiger charge is 2.19. The summed E-state index contributed by atoms with van der Waals surface area (Å²) < 4.78 is 1.17. The van der Waals surface area contributed by atoms with E-state index in [0.29, 0.717) is 0 Å². The fraction of sp³-hybridized carbons (Fsp3) is 0.300. The van der Waals surface area contributed by atoms with Gasteiger partial charge in [-0.2, -0.15) is 0 Å². The fourth-order valence-electron chi connectivity index (χ4n) is 1.67. The molecule has 0 aliphatic heterocycles. The quantitative estimate of drug-likeness (QED) is 0.691. The predicted molar refractivity (Wildman–Crippen MR) is 56.0 cm³/mol. The van der Waals surface area contributed by atoms with E-state index in [0.717, 1.165) is 18.6 Å². The highest BCUT2D eigenvalue weighted by atomic mass is 79.9. The fourth-order valence-corrected chi connectivity index (χ4v) is 2.23. The summed E-state index contributed by atoms with van der Waals surface area (Å²) in [4.78, 5) is 4.80. The highest BCUT2D eigenvalue weighted by molar-refractivity contribution is 9.10. The first-order valence-electron chi connectivity index (χ1n) is 4.20. The van der Waals surface area contributed by atoms with Crippen LogP contribution < -0.4 is 0 Å². The molecular weight excluding hydrogens is 230 g/mol. The van der Waals surface area contributed by atoms with Gasteiger partial charge in [-0.15, -0.1) is 0 Å². The van der Waals surface area contributed by atoms with Gasteiger partial charge in [-0.25, -0.2) is 0 Å². The largest absolute Gasteiger partial charge is 0.399 e. The summed E-state index contributed by atoms with van der Waals surface area (Å²) in [6.45, 7) is 0. The van der Waals surface area contributed by atoms with Gasteiger partial charge in [0, 0.05) is 10.0 Å². The number of hydrogen-bond donors (Lipinski definition) is 0. The van der Waals surface area contributed by atoms with Crippen LogP contribution in [0.4, 0.5) is 0 Å². The molecule has 0 N–H and O–H groups in total. The zero-order valence-electron chi connectivity index (χ0n) is 7.38. The van der Waals surface area contributed by atoms with Gasteiger partial charge in [0.15, 0.2) is 0 Å². The molecule has 0 spiro atoms. The molecule has 0 saturated heterocycles. The van der Waals surface area contributed by atoms with Crippen molar-refractivity contribution < 1.29 is 4.84 Å². The Bertz CT molecular complexity index is 360. The zero-order valence-corrected chi connectivity index (χ0v) is 8.97. The topological polar surface area (TPSA) is 21.6 Å². The summed E-state index contributed by atoms with van der Waals surface area (Å²) in [5.41, 5.74) is 3.62. The van der Waals surface area contributed by atoms with Crippen molar-refractivity contribution >= 4 is 21.6 Å². The van der Waals surface area contributed by atoms with Crippen LogP contribution in [0.25, 0.3) is 0 Å². The van der Waals surface area contributed by atoms with E-state index < -0.39 is 0 Å². The first kappa shape index (κ1) is 8.75. The lowest BCUT2D eigenvalue weighted by molar-refractivity contribution is 0.213. The molecule has 1 aromatic rings. The maximum atomic E-state index is 4.80. The summed E-state index contributed by atoms with van der Waals surface area (Å²) in [7, 11) is 1.59. The standard InChI is InChI=1S/C10H10BrNO/c1-13-12-10-6-5-7-8(10)3-2-4-9(7)11/h2-4H,5-6H2,1H3. The van der Waals surface area contributed by atoms with Crippen LogP contribution in [-0.4, -0.2) is 12.8 Å². The number of halogens is 1. The average Bonchev–Trinajstić information content (AvgIpc) is 2.51. The van der Waals surface area contributed by atoms with E-state index in [-0.39, 0.29) is 0 Å². The van der Waals surface area contributed by atoms with Crippen molar-refractivity contribution in [3.8, 4) is 0 Å². The number of oxime groups is 1. The second-order valence-corrected chi connectivity index (χ2v) is 3.84. The van der Waals surface area contributed by atoms with Gasteiger partial charge in [-0.05, 0) is 24.5 Å². The molecule has 1 aliphatic carbocycles. The smallest absolute Gasteiger partial charge is 0.106 e. The lowest BCUT2D eigenvalue weighted by Crippen LogP contribution is -1.94. The summed E-state index contributed by atoms with van der Waals surface area (Å²) >= 11 is 3.53. The second-order valence-electron chi connectivity index (χ2n) is 2.99. The molecule has 13 heavy (non-hydrogen) atoms. The Labute approximate surface area is 85.7 Å². The van der Waals surface area contributed by atoms with Crippen molar-refractivity contribution in [2.24, 2.45) is 5.16 Å². The number of nitrogens with zero attached hydrogens (tertiary/aromatic N) is 1. The van der Waals surface area contributed by atoms with Gasteiger partial charge in [0.2, 0.25) is 0 Å². The molecule has 0 amide bonds. The molecule has 0 aromatic heterocycles. The van der Waals surface area contributed by atoms with Crippen LogP contribution >= 0.6 is 15.9 Å². The van der Waals surface area contributed by atoms with Crippen molar-refractivity contribution in [3.05, 3.63) is 33.8 Å². The lowest BCUT2D eigenvalue weighted by atomic mass is 10.1. The van der Waals surface area contributed by atoms with Crippen molar-refractivity contribution in [3.63, 3.8) is 0 Å². The van der Waals surface area contributed by atoms with Crippen molar-refractivity contribution in [1.29, 1.82) is 0 Å². The molecule has 0 atom stereocenters. The van der Waals surface area contributed by atoms with E-state index in [1.54, 1.807) is 7.11 Å². The third-order valence-electron chi connectivity index (χ3n) is 2.24. The number of fused-ring (bicyclic) bond motifs is 1. The molecule has 0 radical (unpaired) electrons. The molecule has 2 nitrogen and oxygen atoms in total. The first-order chi connectivity index (χ1) is 6.33. The van der Waals surface area contributed by atoms with Gasteiger partial charge in [0.05, 0.1) is 5.71 Å². The Morgan fingerprint density at radius 3 is 3.00 bits per heavy atom. The van der Waals surface area contributed by atoms with Gasteiger partial charge < -0.3 is 4.84 Å². The minimum Gasteiger partial charge on any atom is -0.399 e. The normalized spacial score (nSPS) is 17.5. The van der Waals surface area contributed by atoms with Gasteiger partial charge >= 0.3 is 0 Å². The van der Waals surface area contributed by atoms with Crippen LogP contribution in [0, 0.1) is 0 Å². The molecule has 1 aromatic carbocycles. The summed E-state index contributed by atoms with van der Waals surface area (Å²) in [6.07, 6.45) is 2.03. The van der Waals surface area contributed by atoms with Crippen LogP contribution in [0.1, 0.15) is 17.5 Å². The molecule has 1 aliphatic rings. The Balaban J connectivity index is 2.49. The first-order valence-corrected chi connectivity index (χ1v) is 5.00. The van der Waals surface area contributed by atoms with Crippen molar-refractivity contribution in [2.75, 3.05) is 7.11 Å². The van der Waals surface area contributed by atoms with E-state index in [9.17, 15) is 0 Å². The van der Waals surface area contributed by atoms with Gasteiger partial charge in [-0.3, -0.25) is 0 Å². The van der Waals surface area contributed by atoms with E-state index in [1.807, 2.05) is 6.07 Å². The Morgan fingerprint density at radius 1 is 1.38 bits per heavy atom. The second kappa shape index (κ2) is 3.50. The maximum absolute atomic E-state index is 4.80. The average molecular weight is 240 g/mol. The molecule has 0 saturated carbocycles. The van der Waals surface area contributed by atoms with Crippen molar-refractivity contribution in [2.45, 2.75) is 12.8 Å². The number of benzene rings is 1. The van der Waals surface area contributed by atoms with Crippen LogP contribution in [-0.2, 0) is 11.3 Å². The SMILES string of the molecule is CON=C1CCc2c(Br)cccc21. The van der Waals surface area contributed by atoms with E-state index in [1.165, 1.54) is 15.6 Å². The van der Waals surface area contributed by atoms with E-state index in [4.69, 9.17) is 4.84 Å². The minimum absolute atomic E-state index is 0.978. The van der Waals surface area contributed by atoms with Crippen LogP contribution in [0.3, 0.4) is 0 Å². The maximum Gasteiger partial charge on any atom is 0.106 e. The summed E-state index contributed by atoms with van der Waals surface area (Å²) in [5, 5.41) is 4.00. The predicted octanol–water partition coefficient (Wildman–Crippen LogP) is 2.75. The molecule has 0 bridgehead atoms. The van der Waals surface area contributed by atoms with Crippen molar-refractivity contribution in [1.82, 2.24) is 0 Å². The summed E-state index contributed by atoms with van der Waals surface area (Å²) in [5.74, 6) is 0. The van der Waals surface area contributed by atoms with Crippen LogP contribution in [0.5, 0.6) is 0 Å². The van der Waals surface area contributed by atoms with Gasteiger partial charge in [0.1, 0.15) is 7.11 Å². The number of rotatable bonds is 1. The molecule has 2 rings (SSSR count). The van der Waals surface area contributed by atoms with Crippen LogP contribution in [0.15, 0.2) is 27.8 Å². The summed E-state index contributed by atoms with van der Waals surface area (Å²) in [6, 6.07) is 6.18. The third-order valence-corrected chi connectivity index (χ3v) is 2.99.